The van der Waals surface area contributed by atoms with Crippen molar-refractivity contribution in [2.75, 3.05) is 13.2 Å². The molecule has 1 aromatic carbocycles. The lowest BCUT2D eigenvalue weighted by Crippen LogP contribution is -2.42. The number of carbonyl (C=O) groups excluding carboxylic acids is 2. The van der Waals surface area contributed by atoms with Gasteiger partial charge in [0.15, 0.2) is 6.61 Å². The van der Waals surface area contributed by atoms with Crippen LogP contribution in [0.1, 0.15) is 4.88 Å². The summed E-state index contributed by atoms with van der Waals surface area (Å²) < 4.78 is 5.15. The van der Waals surface area contributed by atoms with E-state index in [0.717, 1.165) is 4.88 Å². The second-order valence-corrected chi connectivity index (χ2v) is 5.71. The van der Waals surface area contributed by atoms with Gasteiger partial charge in [0.25, 0.3) is 11.6 Å². The Morgan fingerprint density at radius 2 is 1.96 bits per heavy atom. The molecule has 0 saturated carbocycles. The summed E-state index contributed by atoms with van der Waals surface area (Å²) in [6.07, 6.45) is 0.693. The Labute approximate surface area is 141 Å². The van der Waals surface area contributed by atoms with Gasteiger partial charge in [0.1, 0.15) is 5.75 Å². The van der Waals surface area contributed by atoms with Gasteiger partial charge in [0, 0.05) is 23.6 Å². The maximum atomic E-state index is 11.6. The van der Waals surface area contributed by atoms with Crippen LogP contribution in [0.3, 0.4) is 0 Å². The number of benzene rings is 1. The highest BCUT2D eigenvalue weighted by Gasteiger charge is 2.09. The quantitative estimate of drug-likeness (QED) is 0.587. The Hall–Kier alpha value is -2.94. The number of rotatable bonds is 7. The van der Waals surface area contributed by atoms with Crippen LogP contribution in [0.2, 0.25) is 0 Å². The van der Waals surface area contributed by atoms with Crippen LogP contribution in [0, 0.1) is 10.1 Å². The maximum Gasteiger partial charge on any atom is 0.321 e. The van der Waals surface area contributed by atoms with Gasteiger partial charge in [-0.05, 0) is 30.0 Å². The summed E-state index contributed by atoms with van der Waals surface area (Å²) in [6.45, 7) is 0.0546. The van der Waals surface area contributed by atoms with E-state index in [1.54, 1.807) is 11.3 Å². The SMILES string of the molecule is O=C(COc1ccc([N+](=O)[O-])cc1)NC(=O)NCCc1cccs1. The predicted octanol–water partition coefficient (Wildman–Crippen LogP) is 2.10. The molecular weight excluding hydrogens is 334 g/mol. The zero-order chi connectivity index (χ0) is 17.4. The average molecular weight is 349 g/mol. The predicted molar refractivity (Wildman–Crippen MR) is 88.2 cm³/mol. The van der Waals surface area contributed by atoms with Gasteiger partial charge in [-0.3, -0.25) is 20.2 Å². The molecule has 0 aliphatic rings. The lowest BCUT2D eigenvalue weighted by atomic mass is 10.3. The molecular formula is C15H15N3O5S. The topological polar surface area (TPSA) is 111 Å². The molecule has 0 atom stereocenters. The van der Waals surface area contributed by atoms with Crippen LogP contribution in [0.25, 0.3) is 0 Å². The summed E-state index contributed by atoms with van der Waals surface area (Å²) >= 11 is 1.60. The Kier molecular flexibility index (Phi) is 6.26. The first-order chi connectivity index (χ1) is 11.5. The fourth-order valence-corrected chi connectivity index (χ4v) is 2.48. The number of carbonyl (C=O) groups is 2. The lowest BCUT2D eigenvalue weighted by Gasteiger charge is -2.07. The van der Waals surface area contributed by atoms with Crippen molar-refractivity contribution in [3.05, 3.63) is 56.8 Å². The molecule has 0 fully saturated rings. The van der Waals surface area contributed by atoms with Crippen molar-refractivity contribution in [2.24, 2.45) is 0 Å². The number of amides is 3. The fourth-order valence-electron chi connectivity index (χ4n) is 1.77. The molecule has 9 heteroatoms. The number of urea groups is 1. The van der Waals surface area contributed by atoms with E-state index in [1.807, 2.05) is 17.5 Å². The molecule has 2 aromatic rings. The number of nitro benzene ring substituents is 1. The first-order valence-electron chi connectivity index (χ1n) is 7.02. The molecule has 0 spiro atoms. The first kappa shape index (κ1) is 17.4. The third kappa shape index (κ3) is 5.69. The molecule has 0 bridgehead atoms. The average Bonchev–Trinajstić information content (AvgIpc) is 3.06. The van der Waals surface area contributed by atoms with Crippen molar-refractivity contribution in [1.82, 2.24) is 10.6 Å². The summed E-state index contributed by atoms with van der Waals surface area (Å²) in [4.78, 5) is 34.3. The normalized spacial score (nSPS) is 10.0. The number of nitrogens with one attached hydrogen (secondary N) is 2. The molecule has 0 aliphatic heterocycles. The number of imide groups is 1. The number of nitrogens with zero attached hydrogens (tertiary/aromatic N) is 1. The van der Waals surface area contributed by atoms with Crippen molar-refractivity contribution in [3.63, 3.8) is 0 Å². The van der Waals surface area contributed by atoms with Crippen molar-refractivity contribution in [1.29, 1.82) is 0 Å². The van der Waals surface area contributed by atoms with Crippen LogP contribution >= 0.6 is 11.3 Å². The summed E-state index contributed by atoms with van der Waals surface area (Å²) in [5, 5.41) is 17.2. The zero-order valence-electron chi connectivity index (χ0n) is 12.6. The van der Waals surface area contributed by atoms with E-state index in [0.29, 0.717) is 18.7 Å². The van der Waals surface area contributed by atoms with E-state index in [4.69, 9.17) is 4.74 Å². The van der Waals surface area contributed by atoms with Crippen LogP contribution in [-0.2, 0) is 11.2 Å². The van der Waals surface area contributed by atoms with Gasteiger partial charge in [-0.1, -0.05) is 6.07 Å². The van der Waals surface area contributed by atoms with E-state index in [1.165, 1.54) is 24.3 Å². The second kappa shape index (κ2) is 8.63. The molecule has 2 rings (SSSR count). The molecule has 0 aliphatic carbocycles. The third-order valence-corrected chi connectivity index (χ3v) is 3.84. The Bertz CT molecular complexity index is 700. The molecule has 24 heavy (non-hydrogen) atoms. The molecule has 3 amide bonds. The number of hydrogen-bond donors (Lipinski definition) is 2. The molecule has 126 valence electrons. The van der Waals surface area contributed by atoms with Crippen LogP contribution in [0.5, 0.6) is 5.75 Å². The van der Waals surface area contributed by atoms with Crippen LogP contribution in [0.15, 0.2) is 41.8 Å². The van der Waals surface area contributed by atoms with Gasteiger partial charge in [-0.15, -0.1) is 11.3 Å². The highest BCUT2D eigenvalue weighted by Crippen LogP contribution is 2.17. The molecule has 1 heterocycles. The van der Waals surface area contributed by atoms with E-state index >= 15 is 0 Å². The number of ether oxygens (including phenoxy) is 1. The number of thiophene rings is 1. The van der Waals surface area contributed by atoms with Gasteiger partial charge >= 0.3 is 6.03 Å². The summed E-state index contributed by atoms with van der Waals surface area (Å²) in [6, 6.07) is 8.60. The second-order valence-electron chi connectivity index (χ2n) is 4.67. The number of nitro groups is 1. The molecule has 8 nitrogen and oxygen atoms in total. The smallest absolute Gasteiger partial charge is 0.321 e. The monoisotopic (exact) mass is 349 g/mol. The summed E-state index contributed by atoms with van der Waals surface area (Å²) in [7, 11) is 0. The Morgan fingerprint density at radius 1 is 1.21 bits per heavy atom. The molecule has 2 N–H and O–H groups in total. The van der Waals surface area contributed by atoms with Gasteiger partial charge in [0.05, 0.1) is 4.92 Å². The van der Waals surface area contributed by atoms with Crippen LogP contribution in [-0.4, -0.2) is 30.0 Å². The van der Waals surface area contributed by atoms with Crippen molar-refractivity contribution >= 4 is 29.0 Å². The van der Waals surface area contributed by atoms with Gasteiger partial charge < -0.3 is 10.1 Å². The maximum absolute atomic E-state index is 11.6. The van der Waals surface area contributed by atoms with Crippen LogP contribution < -0.4 is 15.4 Å². The molecule has 1 aromatic heterocycles. The first-order valence-corrected chi connectivity index (χ1v) is 7.90. The van der Waals surface area contributed by atoms with Crippen LogP contribution in [0.4, 0.5) is 10.5 Å². The van der Waals surface area contributed by atoms with Crippen molar-refractivity contribution in [3.8, 4) is 5.75 Å². The van der Waals surface area contributed by atoms with E-state index in [-0.39, 0.29) is 12.3 Å². The molecule has 0 unspecified atom stereocenters. The zero-order valence-corrected chi connectivity index (χ0v) is 13.4. The minimum absolute atomic E-state index is 0.0723. The summed E-state index contributed by atoms with van der Waals surface area (Å²) in [5.74, 6) is -0.309. The Morgan fingerprint density at radius 3 is 2.58 bits per heavy atom. The number of hydrogen-bond acceptors (Lipinski definition) is 6. The molecule has 0 radical (unpaired) electrons. The van der Waals surface area contributed by atoms with E-state index in [9.17, 15) is 19.7 Å². The van der Waals surface area contributed by atoms with Crippen molar-refractivity contribution in [2.45, 2.75) is 6.42 Å². The lowest BCUT2D eigenvalue weighted by molar-refractivity contribution is -0.384. The molecule has 0 saturated heterocycles. The third-order valence-electron chi connectivity index (χ3n) is 2.91. The van der Waals surface area contributed by atoms with Crippen molar-refractivity contribution < 1.29 is 19.2 Å². The highest BCUT2D eigenvalue weighted by atomic mass is 32.1. The van der Waals surface area contributed by atoms with E-state index in [2.05, 4.69) is 10.6 Å². The highest BCUT2D eigenvalue weighted by molar-refractivity contribution is 7.09. The minimum atomic E-state index is -0.609. The van der Waals surface area contributed by atoms with Gasteiger partial charge in [-0.2, -0.15) is 0 Å². The fraction of sp³-hybridized carbons (Fsp3) is 0.200. The minimum Gasteiger partial charge on any atom is -0.484 e. The largest absolute Gasteiger partial charge is 0.484 e. The van der Waals surface area contributed by atoms with Gasteiger partial charge in [-0.25, -0.2) is 4.79 Å². The number of non-ortho nitro benzene ring substituents is 1. The summed E-state index contributed by atoms with van der Waals surface area (Å²) in [5.41, 5.74) is -0.0723. The Balaban J connectivity index is 1.66. The van der Waals surface area contributed by atoms with Gasteiger partial charge in [0.2, 0.25) is 0 Å². The van der Waals surface area contributed by atoms with E-state index < -0.39 is 16.9 Å². The standard InChI is InChI=1S/C15H15N3O5S/c19-14(10-23-12-5-3-11(4-6-12)18(21)22)17-15(20)16-8-7-13-2-1-9-24-13/h1-6,9H,7-8,10H2,(H2,16,17,19,20).